The molecule has 0 aromatic carbocycles. The van der Waals surface area contributed by atoms with Crippen molar-refractivity contribution in [3.63, 3.8) is 0 Å². The lowest BCUT2D eigenvalue weighted by Crippen LogP contribution is -2.47. The number of rotatable bonds is 5. The summed E-state index contributed by atoms with van der Waals surface area (Å²) in [7, 11) is -1.68. The summed E-state index contributed by atoms with van der Waals surface area (Å²) in [5.74, 6) is 0. The largest absolute Gasteiger partial charge is 0.390 e. The Kier molecular flexibility index (Phi) is 4.31. The second kappa shape index (κ2) is 5.45. The molecule has 0 spiro atoms. The van der Waals surface area contributed by atoms with Crippen molar-refractivity contribution in [1.29, 1.82) is 0 Å². The highest BCUT2D eigenvalue weighted by atomic mass is 32.2. The molecule has 2 rings (SSSR count). The van der Waals surface area contributed by atoms with Crippen LogP contribution < -0.4 is 0 Å². The monoisotopic (exact) mass is 276 g/mol. The fourth-order valence-electron chi connectivity index (χ4n) is 3.26. The number of likely N-dealkylation sites (N-methyl/N-ethyl adjacent to an activating group) is 1. The molecule has 0 aromatic heterocycles. The van der Waals surface area contributed by atoms with E-state index in [2.05, 4.69) is 4.90 Å². The number of piperidine rings is 1. The predicted molar refractivity (Wildman–Crippen MR) is 70.8 cm³/mol. The van der Waals surface area contributed by atoms with E-state index in [1.54, 1.807) is 0 Å². The van der Waals surface area contributed by atoms with Crippen LogP contribution in [0.5, 0.6) is 0 Å². The van der Waals surface area contributed by atoms with Crippen molar-refractivity contribution >= 4 is 10.0 Å². The summed E-state index contributed by atoms with van der Waals surface area (Å²) in [6.07, 6.45) is 6.80. The molecule has 2 aliphatic heterocycles. The van der Waals surface area contributed by atoms with E-state index >= 15 is 0 Å². The Balaban J connectivity index is 1.86. The zero-order chi connectivity index (χ0) is 13.3. The van der Waals surface area contributed by atoms with Gasteiger partial charge in [0.15, 0.2) is 0 Å². The molecule has 0 radical (unpaired) electrons. The average molecular weight is 276 g/mol. The van der Waals surface area contributed by atoms with Gasteiger partial charge in [-0.05, 0) is 25.7 Å². The maximum atomic E-state index is 11.3. The van der Waals surface area contributed by atoms with E-state index in [0.29, 0.717) is 18.6 Å². The van der Waals surface area contributed by atoms with Gasteiger partial charge in [-0.25, -0.2) is 12.7 Å². The molecule has 2 bridgehead atoms. The van der Waals surface area contributed by atoms with Crippen LogP contribution in [-0.4, -0.2) is 67.3 Å². The number of aliphatic hydroxyl groups excluding tert-OH is 1. The second-order valence-electron chi connectivity index (χ2n) is 5.71. The van der Waals surface area contributed by atoms with Gasteiger partial charge in [-0.1, -0.05) is 6.42 Å². The maximum Gasteiger partial charge on any atom is 0.211 e. The highest BCUT2D eigenvalue weighted by Gasteiger charge is 2.37. The molecule has 2 fully saturated rings. The highest BCUT2D eigenvalue weighted by molar-refractivity contribution is 7.88. The smallest absolute Gasteiger partial charge is 0.211 e. The van der Waals surface area contributed by atoms with Crippen LogP contribution in [0, 0.1) is 0 Å². The molecule has 2 aliphatic rings. The quantitative estimate of drug-likeness (QED) is 0.782. The van der Waals surface area contributed by atoms with Gasteiger partial charge in [0, 0.05) is 32.2 Å². The van der Waals surface area contributed by atoms with Crippen LogP contribution in [0.3, 0.4) is 0 Å². The Morgan fingerprint density at radius 1 is 1.28 bits per heavy atom. The van der Waals surface area contributed by atoms with Crippen molar-refractivity contribution in [3.8, 4) is 0 Å². The molecule has 0 aromatic rings. The van der Waals surface area contributed by atoms with E-state index < -0.39 is 16.1 Å². The minimum Gasteiger partial charge on any atom is -0.390 e. The molecule has 2 saturated heterocycles. The summed E-state index contributed by atoms with van der Waals surface area (Å²) in [4.78, 5) is 2.39. The van der Waals surface area contributed by atoms with Gasteiger partial charge in [0.25, 0.3) is 0 Å². The third-order valence-corrected chi connectivity index (χ3v) is 5.58. The van der Waals surface area contributed by atoms with E-state index in [1.807, 2.05) is 0 Å². The van der Waals surface area contributed by atoms with Crippen molar-refractivity contribution in [2.24, 2.45) is 0 Å². The molecule has 2 unspecified atom stereocenters. The lowest BCUT2D eigenvalue weighted by atomic mass is 10.0. The summed E-state index contributed by atoms with van der Waals surface area (Å²) in [5, 5.41) is 10.1. The van der Waals surface area contributed by atoms with Gasteiger partial charge in [0.2, 0.25) is 10.0 Å². The van der Waals surface area contributed by atoms with Crippen molar-refractivity contribution < 1.29 is 13.5 Å². The third kappa shape index (κ3) is 3.23. The zero-order valence-electron chi connectivity index (χ0n) is 11.2. The summed E-state index contributed by atoms with van der Waals surface area (Å²) >= 11 is 0. The molecule has 0 aliphatic carbocycles. The predicted octanol–water partition coefficient (Wildman–Crippen LogP) is 0.256. The fourth-order valence-corrected chi connectivity index (χ4v) is 3.70. The van der Waals surface area contributed by atoms with Crippen LogP contribution in [0.25, 0.3) is 0 Å². The van der Waals surface area contributed by atoms with E-state index in [0.717, 1.165) is 0 Å². The van der Waals surface area contributed by atoms with Crippen LogP contribution in [0.2, 0.25) is 0 Å². The summed E-state index contributed by atoms with van der Waals surface area (Å²) in [6, 6.07) is 1.23. The molecule has 18 heavy (non-hydrogen) atoms. The van der Waals surface area contributed by atoms with Crippen molar-refractivity contribution in [2.75, 3.05) is 26.4 Å². The van der Waals surface area contributed by atoms with E-state index in [4.69, 9.17) is 0 Å². The number of hydrogen-bond acceptors (Lipinski definition) is 4. The maximum absolute atomic E-state index is 11.3. The number of aliphatic hydroxyl groups is 1. The standard InChI is InChI=1S/C12H24N2O3S/c1-13(18(2,16)17)8-12(15)9-14-10-4-3-5-11(14)7-6-10/h10-12,15H,3-9H2,1-2H3/t10?,11?,12-/m0/s1. The van der Waals surface area contributed by atoms with Crippen LogP contribution in [-0.2, 0) is 10.0 Å². The molecule has 3 atom stereocenters. The Labute approximate surface area is 110 Å². The lowest BCUT2D eigenvalue weighted by Gasteiger charge is -2.36. The third-order valence-electron chi connectivity index (χ3n) is 4.30. The molecule has 0 amide bonds. The minimum absolute atomic E-state index is 0.189. The first-order valence-corrected chi connectivity index (χ1v) is 8.58. The number of fused-ring (bicyclic) bond motifs is 2. The van der Waals surface area contributed by atoms with Crippen LogP contribution in [0.4, 0.5) is 0 Å². The van der Waals surface area contributed by atoms with Crippen molar-refractivity contribution in [2.45, 2.75) is 50.3 Å². The van der Waals surface area contributed by atoms with Crippen molar-refractivity contribution in [3.05, 3.63) is 0 Å². The summed E-state index contributed by atoms with van der Waals surface area (Å²) in [5.41, 5.74) is 0. The highest BCUT2D eigenvalue weighted by Crippen LogP contribution is 2.35. The SMILES string of the molecule is CN(C[C@H](O)CN1C2CCCC1CC2)S(C)(=O)=O. The van der Waals surface area contributed by atoms with Gasteiger partial charge in [0.1, 0.15) is 0 Å². The summed E-state index contributed by atoms with van der Waals surface area (Å²) < 4.78 is 23.8. The van der Waals surface area contributed by atoms with Gasteiger partial charge < -0.3 is 5.11 Å². The van der Waals surface area contributed by atoms with Gasteiger partial charge in [-0.15, -0.1) is 0 Å². The molecule has 1 N–H and O–H groups in total. The van der Waals surface area contributed by atoms with Gasteiger partial charge in [-0.2, -0.15) is 0 Å². The molecule has 106 valence electrons. The first kappa shape index (κ1) is 14.2. The first-order valence-electron chi connectivity index (χ1n) is 6.73. The Hall–Kier alpha value is -0.170. The van der Waals surface area contributed by atoms with Crippen LogP contribution >= 0.6 is 0 Å². The Morgan fingerprint density at radius 2 is 1.83 bits per heavy atom. The van der Waals surface area contributed by atoms with Gasteiger partial charge in [-0.3, -0.25) is 4.90 Å². The van der Waals surface area contributed by atoms with Crippen LogP contribution in [0.15, 0.2) is 0 Å². The van der Waals surface area contributed by atoms with Crippen molar-refractivity contribution in [1.82, 2.24) is 9.21 Å². The second-order valence-corrected chi connectivity index (χ2v) is 7.80. The first-order chi connectivity index (χ1) is 8.38. The van der Waals surface area contributed by atoms with Gasteiger partial charge >= 0.3 is 0 Å². The molecule has 5 nitrogen and oxygen atoms in total. The normalized spacial score (nSPS) is 30.9. The Bertz CT molecular complexity index is 369. The van der Waals surface area contributed by atoms with Crippen LogP contribution in [0.1, 0.15) is 32.1 Å². The molecule has 6 heteroatoms. The number of nitrogens with zero attached hydrogens (tertiary/aromatic N) is 2. The molecular weight excluding hydrogens is 252 g/mol. The molecule has 2 heterocycles. The fraction of sp³-hybridized carbons (Fsp3) is 1.00. The van der Waals surface area contributed by atoms with E-state index in [9.17, 15) is 13.5 Å². The lowest BCUT2D eigenvalue weighted by molar-refractivity contribution is 0.0551. The van der Waals surface area contributed by atoms with E-state index in [1.165, 1.54) is 49.7 Å². The number of hydrogen-bond donors (Lipinski definition) is 1. The zero-order valence-corrected chi connectivity index (χ0v) is 12.1. The van der Waals surface area contributed by atoms with Gasteiger partial charge in [0.05, 0.1) is 12.4 Å². The molecule has 0 saturated carbocycles. The van der Waals surface area contributed by atoms with E-state index in [-0.39, 0.29) is 6.54 Å². The molecular formula is C12H24N2O3S. The summed E-state index contributed by atoms with van der Waals surface area (Å²) in [6.45, 7) is 0.796. The topological polar surface area (TPSA) is 60.9 Å². The minimum atomic E-state index is -3.20. The Morgan fingerprint density at radius 3 is 2.33 bits per heavy atom. The number of sulfonamides is 1. The average Bonchev–Trinajstić information content (AvgIpc) is 2.49.